The smallest absolute Gasteiger partial charge is 0.327 e. The van der Waals surface area contributed by atoms with Crippen LogP contribution in [-0.4, -0.2) is 115 Å². The van der Waals surface area contributed by atoms with Crippen LogP contribution in [0.1, 0.15) is 27.7 Å². The maximum absolute atomic E-state index is 12.6. The van der Waals surface area contributed by atoms with E-state index in [1.165, 1.54) is 37.5 Å². The fourth-order valence-corrected chi connectivity index (χ4v) is 3.59. The minimum atomic E-state index is -1.34. The van der Waals surface area contributed by atoms with Crippen molar-refractivity contribution in [2.24, 2.45) is 0 Å². The molecule has 2 aliphatic heterocycles. The van der Waals surface area contributed by atoms with Gasteiger partial charge in [0.05, 0.1) is 32.4 Å². The molecule has 2 fully saturated rings. The summed E-state index contributed by atoms with van der Waals surface area (Å²) in [5.41, 5.74) is -2.34. The van der Waals surface area contributed by atoms with E-state index in [0.717, 1.165) is 9.80 Å². The van der Waals surface area contributed by atoms with E-state index in [1.54, 1.807) is 0 Å². The van der Waals surface area contributed by atoms with Crippen LogP contribution in [0.25, 0.3) is 0 Å². The van der Waals surface area contributed by atoms with Crippen molar-refractivity contribution in [2.75, 3.05) is 39.4 Å². The quantitative estimate of drug-likeness (QED) is 0.417. The van der Waals surface area contributed by atoms with Crippen molar-refractivity contribution in [1.29, 1.82) is 0 Å². The van der Waals surface area contributed by atoms with Gasteiger partial charge >= 0.3 is 12.1 Å². The van der Waals surface area contributed by atoms with Crippen LogP contribution in [0.5, 0.6) is 0 Å². The number of aliphatic hydroxyl groups is 3. The molecule has 6 amide bonds. The van der Waals surface area contributed by atoms with Gasteiger partial charge < -0.3 is 25.1 Å². The molecule has 0 radical (unpaired) electrons. The average Bonchev–Trinajstić information content (AvgIpc) is 2.87. The summed E-state index contributed by atoms with van der Waals surface area (Å²) < 4.78 is 0. The van der Waals surface area contributed by atoms with Crippen molar-refractivity contribution in [3.63, 3.8) is 0 Å². The number of aliphatic hydroxyl groups excluding tert-OH is 3. The van der Waals surface area contributed by atoms with E-state index in [2.05, 4.69) is 0 Å². The van der Waals surface area contributed by atoms with Crippen LogP contribution in [0.15, 0.2) is 0 Å². The predicted octanol–water partition coefficient (Wildman–Crippen LogP) is -1.58. The van der Waals surface area contributed by atoms with Crippen LogP contribution >= 0.6 is 0 Å². The van der Waals surface area contributed by atoms with E-state index in [4.69, 9.17) is 10.2 Å². The topological polar surface area (TPSA) is 142 Å². The van der Waals surface area contributed by atoms with Gasteiger partial charge in [0.2, 0.25) is 0 Å². The largest absolute Gasteiger partial charge is 0.395 e. The lowest BCUT2D eigenvalue weighted by atomic mass is 10.0. The molecule has 0 aliphatic carbocycles. The first-order valence-electron chi connectivity index (χ1n) is 9.08. The van der Waals surface area contributed by atoms with Gasteiger partial charge in [0.15, 0.2) is 0 Å². The second-order valence-corrected chi connectivity index (χ2v) is 7.92. The number of urea groups is 2. The van der Waals surface area contributed by atoms with Crippen LogP contribution in [0, 0.1) is 0 Å². The minimum Gasteiger partial charge on any atom is -0.395 e. The second-order valence-electron chi connectivity index (χ2n) is 7.92. The molecule has 0 unspecified atom stereocenters. The molecule has 0 saturated carbocycles. The van der Waals surface area contributed by atoms with Gasteiger partial charge in [-0.25, -0.2) is 9.59 Å². The zero-order valence-electron chi connectivity index (χ0n) is 16.6. The van der Waals surface area contributed by atoms with Crippen LogP contribution in [-0.2, 0) is 9.59 Å². The maximum atomic E-state index is 12.6. The highest BCUT2D eigenvalue weighted by Crippen LogP contribution is 2.29. The van der Waals surface area contributed by atoms with Gasteiger partial charge in [0.1, 0.15) is 11.1 Å². The van der Waals surface area contributed by atoms with E-state index >= 15 is 0 Å². The van der Waals surface area contributed by atoms with E-state index in [-0.39, 0.29) is 39.4 Å². The highest BCUT2D eigenvalue weighted by Gasteiger charge is 2.53. The number of hydrogen-bond acceptors (Lipinski definition) is 7. The van der Waals surface area contributed by atoms with E-state index in [1.807, 2.05) is 0 Å². The Morgan fingerprint density at radius 3 is 1.36 bits per heavy atom. The van der Waals surface area contributed by atoms with Gasteiger partial charge in [-0.1, -0.05) is 0 Å². The summed E-state index contributed by atoms with van der Waals surface area (Å²) in [6, 6.07) is -1.30. The average molecular weight is 400 g/mol. The lowest BCUT2D eigenvalue weighted by Crippen LogP contribution is -2.46. The fraction of sp³-hybridized carbons (Fsp3) is 0.765. The third kappa shape index (κ3) is 3.45. The van der Waals surface area contributed by atoms with Gasteiger partial charge in [-0.15, -0.1) is 0 Å². The summed E-state index contributed by atoms with van der Waals surface area (Å²) in [5, 5.41) is 28.6. The first-order chi connectivity index (χ1) is 12.9. The number of amides is 6. The van der Waals surface area contributed by atoms with Gasteiger partial charge in [-0.05, 0) is 27.7 Å². The Bertz CT molecular complexity index is 622. The molecule has 2 saturated heterocycles. The predicted molar refractivity (Wildman–Crippen MR) is 96.0 cm³/mol. The van der Waals surface area contributed by atoms with Crippen LogP contribution in [0.4, 0.5) is 9.59 Å². The highest BCUT2D eigenvalue weighted by atomic mass is 16.3. The number of imide groups is 2. The molecule has 2 rings (SSSR count). The van der Waals surface area contributed by atoms with Crippen LogP contribution in [0.3, 0.4) is 0 Å². The second kappa shape index (κ2) is 7.64. The van der Waals surface area contributed by atoms with Gasteiger partial charge in [-0.2, -0.15) is 0 Å². The van der Waals surface area contributed by atoms with Crippen molar-refractivity contribution in [1.82, 2.24) is 19.6 Å². The monoisotopic (exact) mass is 400 g/mol. The Morgan fingerprint density at radius 2 is 1.07 bits per heavy atom. The molecule has 0 spiro atoms. The zero-order valence-corrected chi connectivity index (χ0v) is 16.6. The fourth-order valence-electron chi connectivity index (χ4n) is 3.59. The molecule has 0 bridgehead atoms. The Kier molecular flexibility index (Phi) is 6.02. The van der Waals surface area contributed by atoms with Gasteiger partial charge in [0.25, 0.3) is 11.8 Å². The number of rotatable bonds is 8. The number of carbonyl (C=O) groups is 4. The van der Waals surface area contributed by atoms with E-state index in [9.17, 15) is 24.3 Å². The number of carbonyl (C=O) groups excluding carboxylic acids is 4. The Balaban J connectivity index is 2.11. The number of β-amino-alcohol motifs (C(OH)–C–C–N with tert-alkyl or cyclic N) is 3. The van der Waals surface area contributed by atoms with Gasteiger partial charge in [-0.3, -0.25) is 19.4 Å². The molecule has 11 heteroatoms. The number of nitrogens with zero attached hydrogens (tertiary/aromatic N) is 4. The zero-order chi connectivity index (χ0) is 21.4. The van der Waals surface area contributed by atoms with E-state index in [0.29, 0.717) is 0 Å². The molecule has 158 valence electrons. The molecule has 0 aromatic carbocycles. The molecule has 0 aromatic rings. The summed E-state index contributed by atoms with van der Waals surface area (Å²) in [4.78, 5) is 54.2. The van der Waals surface area contributed by atoms with Gasteiger partial charge in [0, 0.05) is 13.1 Å². The molecule has 0 aromatic heterocycles. The molecule has 11 nitrogen and oxygen atoms in total. The number of hydrogen-bond donors (Lipinski definition) is 3. The lowest BCUT2D eigenvalue weighted by Gasteiger charge is -2.26. The first-order valence-corrected chi connectivity index (χ1v) is 9.08. The van der Waals surface area contributed by atoms with Crippen LogP contribution < -0.4 is 0 Å². The highest BCUT2D eigenvalue weighted by molar-refractivity contribution is 6.07. The molecule has 2 heterocycles. The van der Waals surface area contributed by atoms with Crippen molar-refractivity contribution in [2.45, 2.75) is 44.9 Å². The molecule has 0 atom stereocenters. The Hall–Kier alpha value is -2.24. The SMILES string of the molecule is CC1(C)C(=O)N(CC(O)CN2C(=O)N(CCO)C(C)(C)C2=O)C(=O)N1CCO. The Labute approximate surface area is 163 Å². The summed E-state index contributed by atoms with van der Waals surface area (Å²) >= 11 is 0. The lowest BCUT2D eigenvalue weighted by molar-refractivity contribution is -0.133. The third-order valence-electron chi connectivity index (χ3n) is 5.24. The minimum absolute atomic E-state index is 0.0302. The third-order valence-corrected chi connectivity index (χ3v) is 5.24. The summed E-state index contributed by atoms with van der Waals surface area (Å²) in [6.07, 6.45) is -1.34. The summed E-state index contributed by atoms with van der Waals surface area (Å²) in [7, 11) is 0. The molecule has 2 aliphatic rings. The Morgan fingerprint density at radius 1 is 0.750 bits per heavy atom. The van der Waals surface area contributed by atoms with Crippen molar-refractivity contribution >= 4 is 23.9 Å². The normalized spacial score (nSPS) is 21.7. The molecule has 3 N–H and O–H groups in total. The molecular formula is C17H28N4O7. The molecule has 28 heavy (non-hydrogen) atoms. The summed E-state index contributed by atoms with van der Waals surface area (Å²) in [5.74, 6) is -1.07. The molecular weight excluding hydrogens is 372 g/mol. The van der Waals surface area contributed by atoms with Crippen LogP contribution in [0.2, 0.25) is 0 Å². The summed E-state index contributed by atoms with van der Waals surface area (Å²) in [6.45, 7) is 4.69. The first kappa shape index (κ1) is 22.1. The standard InChI is InChI=1S/C17H28N4O7/c1-16(2)12(25)18(14(27)20(16)5-7-22)9-11(24)10-19-13(26)17(3,4)21(6-8-23)15(19)28/h11,22-24H,5-10H2,1-4H3. The van der Waals surface area contributed by atoms with E-state index < -0.39 is 41.1 Å². The maximum Gasteiger partial charge on any atom is 0.327 e. The van der Waals surface area contributed by atoms with Crippen molar-refractivity contribution in [3.8, 4) is 0 Å². The van der Waals surface area contributed by atoms with Crippen molar-refractivity contribution < 1.29 is 34.5 Å². The van der Waals surface area contributed by atoms with Crippen molar-refractivity contribution in [3.05, 3.63) is 0 Å².